The van der Waals surface area contributed by atoms with Crippen molar-refractivity contribution in [2.75, 3.05) is 32.8 Å². The van der Waals surface area contributed by atoms with E-state index in [1.807, 2.05) is 0 Å². The lowest BCUT2D eigenvalue weighted by Gasteiger charge is -2.51. The summed E-state index contributed by atoms with van der Waals surface area (Å²) >= 11 is 0. The quantitative estimate of drug-likeness (QED) is 0.895. The van der Waals surface area contributed by atoms with Crippen LogP contribution in [-0.2, 0) is 4.74 Å². The van der Waals surface area contributed by atoms with Crippen LogP contribution in [0, 0.1) is 5.41 Å². The summed E-state index contributed by atoms with van der Waals surface area (Å²) in [6.07, 6.45) is 4.28. The molecule has 2 amide bonds. The van der Waals surface area contributed by atoms with E-state index in [1.165, 1.54) is 6.42 Å². The monoisotopic (exact) mass is 320 g/mol. The Labute approximate surface area is 136 Å². The van der Waals surface area contributed by atoms with Crippen LogP contribution in [0.25, 0.3) is 0 Å². The zero-order chi connectivity index (χ0) is 16.3. The lowest BCUT2D eigenvalue weighted by Crippen LogP contribution is -2.57. The average molecular weight is 320 g/mol. The van der Waals surface area contributed by atoms with Crippen LogP contribution < -0.4 is 20.1 Å². The number of nitrogens with one attached hydrogen (secondary N) is 2. The topological polar surface area (TPSA) is 68.8 Å². The molecule has 1 atom stereocenters. The van der Waals surface area contributed by atoms with Gasteiger partial charge in [0.05, 0.1) is 14.2 Å². The van der Waals surface area contributed by atoms with E-state index in [4.69, 9.17) is 14.2 Å². The summed E-state index contributed by atoms with van der Waals surface area (Å²) in [6, 6.07) is 5.36. The molecule has 0 aromatic heterocycles. The lowest BCUT2D eigenvalue weighted by molar-refractivity contribution is -0.0507. The highest BCUT2D eigenvalue weighted by atomic mass is 16.5. The fourth-order valence-electron chi connectivity index (χ4n) is 3.50. The van der Waals surface area contributed by atoms with Gasteiger partial charge in [-0.05, 0) is 31.1 Å². The van der Waals surface area contributed by atoms with Crippen molar-refractivity contribution in [3.8, 4) is 11.5 Å². The maximum absolute atomic E-state index is 12.3. The number of methoxy groups -OCH3 is 2. The minimum absolute atomic E-state index is 0.184. The van der Waals surface area contributed by atoms with E-state index >= 15 is 0 Å². The van der Waals surface area contributed by atoms with Crippen molar-refractivity contribution < 1.29 is 19.0 Å². The minimum Gasteiger partial charge on any atom is -0.497 e. The molecule has 1 unspecified atom stereocenters. The van der Waals surface area contributed by atoms with E-state index < -0.39 is 0 Å². The van der Waals surface area contributed by atoms with Gasteiger partial charge in [-0.1, -0.05) is 0 Å². The van der Waals surface area contributed by atoms with E-state index in [1.54, 1.807) is 32.4 Å². The van der Waals surface area contributed by atoms with Crippen molar-refractivity contribution >= 4 is 11.7 Å². The van der Waals surface area contributed by atoms with E-state index in [-0.39, 0.29) is 17.5 Å². The molecule has 6 heteroatoms. The summed E-state index contributed by atoms with van der Waals surface area (Å²) in [7, 11) is 3.17. The Balaban J connectivity index is 1.61. The molecule has 1 aromatic carbocycles. The SMILES string of the molecule is COc1cc(NC(=O)NC2CCC23CCOCC3)cc(OC)c1. The Morgan fingerprint density at radius 1 is 1.13 bits per heavy atom. The maximum atomic E-state index is 12.3. The summed E-state index contributed by atoms with van der Waals surface area (Å²) in [4.78, 5) is 12.3. The van der Waals surface area contributed by atoms with Gasteiger partial charge in [-0.25, -0.2) is 4.79 Å². The molecule has 2 N–H and O–H groups in total. The molecule has 2 fully saturated rings. The molecule has 1 aromatic rings. The fourth-order valence-corrected chi connectivity index (χ4v) is 3.50. The number of rotatable bonds is 4. The second-order valence-electron chi connectivity index (χ2n) is 6.27. The number of benzene rings is 1. The van der Waals surface area contributed by atoms with Gasteiger partial charge < -0.3 is 24.8 Å². The summed E-state index contributed by atoms with van der Waals surface area (Å²) < 4.78 is 15.9. The van der Waals surface area contributed by atoms with E-state index in [2.05, 4.69) is 10.6 Å². The molecule has 3 rings (SSSR count). The van der Waals surface area contributed by atoms with E-state index in [0.29, 0.717) is 17.2 Å². The highest BCUT2D eigenvalue weighted by molar-refractivity contribution is 5.90. The number of carbonyl (C=O) groups excluding carboxylic acids is 1. The Morgan fingerprint density at radius 3 is 2.30 bits per heavy atom. The van der Waals surface area contributed by atoms with Crippen molar-refractivity contribution in [3.63, 3.8) is 0 Å². The first-order valence-corrected chi connectivity index (χ1v) is 8.03. The first-order chi connectivity index (χ1) is 11.1. The summed E-state index contributed by atoms with van der Waals surface area (Å²) in [5, 5.41) is 5.98. The number of amides is 2. The van der Waals surface area contributed by atoms with Crippen LogP contribution in [0.5, 0.6) is 11.5 Å². The predicted molar refractivity (Wildman–Crippen MR) is 87.2 cm³/mol. The predicted octanol–water partition coefficient (Wildman–Crippen LogP) is 2.78. The van der Waals surface area contributed by atoms with Crippen molar-refractivity contribution in [2.24, 2.45) is 5.41 Å². The molecule has 1 spiro atoms. The standard InChI is InChI=1S/C17H24N2O4/c1-21-13-9-12(10-14(11-13)22-2)18-16(20)19-15-3-4-17(15)5-7-23-8-6-17/h9-11,15H,3-8H2,1-2H3,(H2,18,19,20). The molecular formula is C17H24N2O4. The van der Waals surface area contributed by atoms with Crippen molar-refractivity contribution in [2.45, 2.75) is 31.7 Å². The van der Waals surface area contributed by atoms with Gasteiger partial charge in [0, 0.05) is 43.1 Å². The van der Waals surface area contributed by atoms with E-state index in [9.17, 15) is 4.79 Å². The minimum atomic E-state index is -0.184. The van der Waals surface area contributed by atoms with Crippen LogP contribution >= 0.6 is 0 Å². The van der Waals surface area contributed by atoms with Crippen molar-refractivity contribution in [3.05, 3.63) is 18.2 Å². The summed E-state index contributed by atoms with van der Waals surface area (Å²) in [5.41, 5.74) is 0.890. The Hall–Kier alpha value is -1.95. The highest BCUT2D eigenvalue weighted by Crippen LogP contribution is 2.48. The van der Waals surface area contributed by atoms with Gasteiger partial charge in [0.1, 0.15) is 11.5 Å². The third kappa shape index (κ3) is 3.37. The molecule has 1 saturated carbocycles. The summed E-state index contributed by atoms with van der Waals surface area (Å²) in [6.45, 7) is 1.60. The number of ether oxygens (including phenoxy) is 3. The third-order valence-electron chi connectivity index (χ3n) is 5.07. The molecule has 1 saturated heterocycles. The second-order valence-corrected chi connectivity index (χ2v) is 6.27. The highest BCUT2D eigenvalue weighted by Gasteiger charge is 2.47. The molecule has 0 bridgehead atoms. The zero-order valence-corrected chi connectivity index (χ0v) is 13.7. The fraction of sp³-hybridized carbons (Fsp3) is 0.588. The normalized spacial score (nSPS) is 22.1. The van der Waals surface area contributed by atoms with Gasteiger partial charge in [-0.2, -0.15) is 0 Å². The average Bonchev–Trinajstić information content (AvgIpc) is 2.59. The third-order valence-corrected chi connectivity index (χ3v) is 5.07. The molecule has 1 aliphatic heterocycles. The maximum Gasteiger partial charge on any atom is 0.319 e. The number of hydrogen-bond acceptors (Lipinski definition) is 4. The molecule has 1 heterocycles. The second kappa shape index (κ2) is 6.66. The molecule has 1 aliphatic carbocycles. The van der Waals surface area contributed by atoms with Crippen LogP contribution in [0.1, 0.15) is 25.7 Å². The molecule has 6 nitrogen and oxygen atoms in total. The van der Waals surface area contributed by atoms with Gasteiger partial charge in [0.15, 0.2) is 0 Å². The van der Waals surface area contributed by atoms with Crippen LogP contribution in [-0.4, -0.2) is 39.5 Å². The zero-order valence-electron chi connectivity index (χ0n) is 13.7. The van der Waals surface area contributed by atoms with Gasteiger partial charge >= 0.3 is 6.03 Å². The van der Waals surface area contributed by atoms with Crippen molar-refractivity contribution in [1.29, 1.82) is 0 Å². The number of urea groups is 1. The first kappa shape index (κ1) is 15.9. The number of carbonyl (C=O) groups is 1. The van der Waals surface area contributed by atoms with Crippen LogP contribution in [0.15, 0.2) is 18.2 Å². The largest absolute Gasteiger partial charge is 0.497 e. The van der Waals surface area contributed by atoms with Crippen LogP contribution in [0.3, 0.4) is 0 Å². The molecule has 126 valence electrons. The van der Waals surface area contributed by atoms with Gasteiger partial charge in [-0.3, -0.25) is 0 Å². The Kier molecular flexibility index (Phi) is 4.61. The first-order valence-electron chi connectivity index (χ1n) is 8.03. The molecule has 2 aliphatic rings. The van der Waals surface area contributed by atoms with Gasteiger partial charge in [0.2, 0.25) is 0 Å². The van der Waals surface area contributed by atoms with Gasteiger partial charge in [-0.15, -0.1) is 0 Å². The number of anilines is 1. The molecular weight excluding hydrogens is 296 g/mol. The summed E-state index contributed by atoms with van der Waals surface area (Å²) in [5.74, 6) is 1.29. The number of hydrogen-bond donors (Lipinski definition) is 2. The van der Waals surface area contributed by atoms with Gasteiger partial charge in [0.25, 0.3) is 0 Å². The lowest BCUT2D eigenvalue weighted by atomic mass is 9.60. The van der Waals surface area contributed by atoms with E-state index in [0.717, 1.165) is 32.5 Å². The molecule has 23 heavy (non-hydrogen) atoms. The van der Waals surface area contributed by atoms with Crippen molar-refractivity contribution in [1.82, 2.24) is 5.32 Å². The smallest absolute Gasteiger partial charge is 0.319 e. The Bertz CT molecular complexity index is 547. The van der Waals surface area contributed by atoms with Crippen LogP contribution in [0.4, 0.5) is 10.5 Å². The molecule has 0 radical (unpaired) electrons. The van der Waals surface area contributed by atoms with Crippen LogP contribution in [0.2, 0.25) is 0 Å². The Morgan fingerprint density at radius 2 is 1.78 bits per heavy atom.